The van der Waals surface area contributed by atoms with E-state index in [0.717, 1.165) is 18.4 Å². The molecule has 0 saturated heterocycles. The average Bonchev–Trinajstić information content (AvgIpc) is 3.10. The minimum atomic E-state index is -0.431. The number of aliphatic hydroxyl groups is 2. The summed E-state index contributed by atoms with van der Waals surface area (Å²) in [5, 5.41) is 19.5. The molecule has 15 heavy (non-hydrogen) atoms. The number of hydrogen-bond acceptors (Lipinski definition) is 2. The maximum Gasteiger partial charge on any atom is 0.0791 e. The SMILES string of the molecule is OC(CCC(O)C1CC1)c1ccccc1. The van der Waals surface area contributed by atoms with Crippen LogP contribution in [0.25, 0.3) is 0 Å². The van der Waals surface area contributed by atoms with Crippen molar-refractivity contribution in [2.45, 2.75) is 37.9 Å². The summed E-state index contributed by atoms with van der Waals surface area (Å²) < 4.78 is 0. The molecule has 2 atom stereocenters. The van der Waals surface area contributed by atoms with E-state index in [1.807, 2.05) is 30.3 Å². The molecule has 1 aliphatic rings. The molecule has 2 rings (SSSR count). The average molecular weight is 206 g/mol. The van der Waals surface area contributed by atoms with Gasteiger partial charge in [0.2, 0.25) is 0 Å². The van der Waals surface area contributed by atoms with E-state index in [1.165, 1.54) is 0 Å². The van der Waals surface area contributed by atoms with E-state index in [0.29, 0.717) is 18.8 Å². The summed E-state index contributed by atoms with van der Waals surface area (Å²) in [6.07, 6.45) is 3.04. The van der Waals surface area contributed by atoms with Crippen LogP contribution in [0.2, 0.25) is 0 Å². The van der Waals surface area contributed by atoms with E-state index >= 15 is 0 Å². The fourth-order valence-electron chi connectivity index (χ4n) is 1.89. The molecular formula is C13H18O2. The molecule has 1 saturated carbocycles. The summed E-state index contributed by atoms with van der Waals surface area (Å²) >= 11 is 0. The Morgan fingerprint density at radius 2 is 1.73 bits per heavy atom. The molecule has 82 valence electrons. The number of benzene rings is 1. The molecule has 0 heterocycles. The maximum atomic E-state index is 9.86. The predicted octanol–water partition coefficient (Wildman–Crippen LogP) is 2.27. The third-order valence-corrected chi connectivity index (χ3v) is 3.09. The van der Waals surface area contributed by atoms with Crippen LogP contribution in [0, 0.1) is 5.92 Å². The third-order valence-electron chi connectivity index (χ3n) is 3.09. The fraction of sp³-hybridized carbons (Fsp3) is 0.538. The highest BCUT2D eigenvalue weighted by atomic mass is 16.3. The van der Waals surface area contributed by atoms with E-state index in [-0.39, 0.29) is 6.10 Å². The summed E-state index contributed by atoms with van der Waals surface area (Å²) in [5.41, 5.74) is 0.945. The normalized spacial score (nSPS) is 19.9. The molecule has 2 N–H and O–H groups in total. The molecule has 1 aromatic carbocycles. The van der Waals surface area contributed by atoms with Crippen LogP contribution in [0.1, 0.15) is 37.4 Å². The molecule has 0 aliphatic heterocycles. The number of rotatable bonds is 5. The van der Waals surface area contributed by atoms with Gasteiger partial charge in [0.25, 0.3) is 0 Å². The van der Waals surface area contributed by atoms with Gasteiger partial charge in [-0.1, -0.05) is 30.3 Å². The molecule has 0 bridgehead atoms. The van der Waals surface area contributed by atoms with Crippen molar-refractivity contribution in [1.82, 2.24) is 0 Å². The van der Waals surface area contributed by atoms with Gasteiger partial charge < -0.3 is 10.2 Å². The lowest BCUT2D eigenvalue weighted by Crippen LogP contribution is -2.11. The minimum absolute atomic E-state index is 0.205. The van der Waals surface area contributed by atoms with Gasteiger partial charge in [-0.05, 0) is 37.2 Å². The van der Waals surface area contributed by atoms with Gasteiger partial charge in [-0.2, -0.15) is 0 Å². The van der Waals surface area contributed by atoms with Gasteiger partial charge in [0.15, 0.2) is 0 Å². The van der Waals surface area contributed by atoms with Crippen LogP contribution >= 0.6 is 0 Å². The predicted molar refractivity (Wildman–Crippen MR) is 59.4 cm³/mol. The first-order valence-electron chi connectivity index (χ1n) is 5.68. The van der Waals surface area contributed by atoms with Crippen LogP contribution in [0.15, 0.2) is 30.3 Å². The second kappa shape index (κ2) is 4.77. The van der Waals surface area contributed by atoms with Crippen molar-refractivity contribution in [1.29, 1.82) is 0 Å². The van der Waals surface area contributed by atoms with Crippen LogP contribution in [0.5, 0.6) is 0 Å². The standard InChI is InChI=1S/C13H18O2/c14-12(10-4-2-1-3-5-10)8-9-13(15)11-6-7-11/h1-5,11-15H,6-9H2. The highest BCUT2D eigenvalue weighted by Crippen LogP contribution is 2.35. The Labute approximate surface area is 90.6 Å². The van der Waals surface area contributed by atoms with Crippen molar-refractivity contribution in [3.63, 3.8) is 0 Å². The zero-order valence-corrected chi connectivity index (χ0v) is 8.84. The molecule has 0 radical (unpaired) electrons. The zero-order valence-electron chi connectivity index (χ0n) is 8.84. The van der Waals surface area contributed by atoms with E-state index < -0.39 is 6.10 Å². The summed E-state index contributed by atoms with van der Waals surface area (Å²) in [4.78, 5) is 0. The van der Waals surface area contributed by atoms with Gasteiger partial charge in [-0.3, -0.25) is 0 Å². The Kier molecular flexibility index (Phi) is 3.39. The van der Waals surface area contributed by atoms with Gasteiger partial charge in [0.05, 0.1) is 12.2 Å². The first-order valence-corrected chi connectivity index (χ1v) is 5.68. The maximum absolute atomic E-state index is 9.86. The lowest BCUT2D eigenvalue weighted by molar-refractivity contribution is 0.101. The minimum Gasteiger partial charge on any atom is -0.393 e. The van der Waals surface area contributed by atoms with Crippen molar-refractivity contribution in [3.8, 4) is 0 Å². The molecule has 0 amide bonds. The van der Waals surface area contributed by atoms with Crippen LogP contribution in [-0.4, -0.2) is 16.3 Å². The summed E-state index contributed by atoms with van der Waals surface area (Å²) in [6.45, 7) is 0. The Morgan fingerprint density at radius 3 is 2.33 bits per heavy atom. The molecule has 2 heteroatoms. The number of aliphatic hydroxyl groups excluding tert-OH is 2. The Hall–Kier alpha value is -0.860. The largest absolute Gasteiger partial charge is 0.393 e. The highest BCUT2D eigenvalue weighted by Gasteiger charge is 2.29. The van der Waals surface area contributed by atoms with Crippen LogP contribution < -0.4 is 0 Å². The van der Waals surface area contributed by atoms with E-state index in [4.69, 9.17) is 0 Å². The van der Waals surface area contributed by atoms with Crippen molar-refractivity contribution < 1.29 is 10.2 Å². The van der Waals surface area contributed by atoms with Gasteiger partial charge in [0, 0.05) is 0 Å². The fourth-order valence-corrected chi connectivity index (χ4v) is 1.89. The van der Waals surface area contributed by atoms with E-state index in [9.17, 15) is 10.2 Å². The first kappa shape index (κ1) is 10.7. The smallest absolute Gasteiger partial charge is 0.0791 e. The number of hydrogen-bond donors (Lipinski definition) is 2. The van der Waals surface area contributed by atoms with Crippen LogP contribution in [0.4, 0.5) is 0 Å². The lowest BCUT2D eigenvalue weighted by Gasteiger charge is -2.13. The summed E-state index contributed by atoms with van der Waals surface area (Å²) in [5.74, 6) is 0.507. The van der Waals surface area contributed by atoms with E-state index in [2.05, 4.69) is 0 Å². The molecule has 0 aromatic heterocycles. The topological polar surface area (TPSA) is 40.5 Å². The Morgan fingerprint density at radius 1 is 1.07 bits per heavy atom. The molecule has 1 fully saturated rings. The lowest BCUT2D eigenvalue weighted by atomic mass is 10.0. The summed E-state index contributed by atoms with van der Waals surface area (Å²) in [7, 11) is 0. The second-order valence-electron chi connectivity index (χ2n) is 4.41. The summed E-state index contributed by atoms with van der Waals surface area (Å²) in [6, 6.07) is 9.64. The monoisotopic (exact) mass is 206 g/mol. The zero-order chi connectivity index (χ0) is 10.7. The van der Waals surface area contributed by atoms with Gasteiger partial charge in [-0.15, -0.1) is 0 Å². The quantitative estimate of drug-likeness (QED) is 0.776. The van der Waals surface area contributed by atoms with Crippen molar-refractivity contribution in [3.05, 3.63) is 35.9 Å². The second-order valence-corrected chi connectivity index (χ2v) is 4.41. The van der Waals surface area contributed by atoms with Gasteiger partial charge in [0.1, 0.15) is 0 Å². The first-order chi connectivity index (χ1) is 7.27. The Bertz CT molecular complexity index is 293. The highest BCUT2D eigenvalue weighted by molar-refractivity contribution is 5.17. The Balaban J connectivity index is 1.79. The third kappa shape index (κ3) is 3.05. The molecule has 0 spiro atoms. The van der Waals surface area contributed by atoms with Crippen molar-refractivity contribution in [2.75, 3.05) is 0 Å². The van der Waals surface area contributed by atoms with Crippen molar-refractivity contribution >= 4 is 0 Å². The van der Waals surface area contributed by atoms with Gasteiger partial charge in [-0.25, -0.2) is 0 Å². The molecule has 1 aliphatic carbocycles. The molecule has 1 aromatic rings. The van der Waals surface area contributed by atoms with Crippen LogP contribution in [0.3, 0.4) is 0 Å². The molecule has 2 nitrogen and oxygen atoms in total. The van der Waals surface area contributed by atoms with Gasteiger partial charge >= 0.3 is 0 Å². The van der Waals surface area contributed by atoms with Crippen LogP contribution in [-0.2, 0) is 0 Å². The van der Waals surface area contributed by atoms with E-state index in [1.54, 1.807) is 0 Å². The molecule has 2 unspecified atom stereocenters. The van der Waals surface area contributed by atoms with Crippen molar-refractivity contribution in [2.24, 2.45) is 5.92 Å². The molecular weight excluding hydrogens is 188 g/mol.